The van der Waals surface area contributed by atoms with Crippen molar-refractivity contribution in [1.29, 1.82) is 0 Å². The van der Waals surface area contributed by atoms with Crippen LogP contribution in [0.15, 0.2) is 48.6 Å². The Morgan fingerprint density at radius 3 is 0.890 bits per heavy atom. The van der Waals surface area contributed by atoms with Crippen LogP contribution in [0.25, 0.3) is 0 Å². The number of carboxylic acids is 1. The van der Waals surface area contributed by atoms with Gasteiger partial charge in [0, 0.05) is 12.8 Å². The molecule has 0 radical (unpaired) electrons. The molecule has 0 spiro atoms. The molecule has 0 aromatic rings. The number of unbranched alkanes of at least 4 members (excludes halogenated alkanes) is 52. The Morgan fingerprint density at radius 1 is 0.330 bits per heavy atom. The quantitative estimate of drug-likeness (QED) is 0.0195. The summed E-state index contributed by atoms with van der Waals surface area (Å²) in [5, 5.41) is 11.8. The molecule has 0 saturated carbocycles. The van der Waals surface area contributed by atoms with Crippen LogP contribution in [0, 0.1) is 0 Å². The summed E-state index contributed by atoms with van der Waals surface area (Å²) in [6, 6.07) is 0. The highest BCUT2D eigenvalue weighted by Gasteiger charge is 2.22. The van der Waals surface area contributed by atoms with E-state index in [0.29, 0.717) is 23.9 Å². The van der Waals surface area contributed by atoms with E-state index in [-0.39, 0.29) is 32.2 Å². The van der Waals surface area contributed by atoms with E-state index in [1.807, 2.05) is 21.1 Å². The molecule has 0 aliphatic rings. The molecular weight excluding hydrogens is 1130 g/mol. The molecular formula is C82H153NO8. The van der Waals surface area contributed by atoms with Gasteiger partial charge >= 0.3 is 11.9 Å². The highest BCUT2D eigenvalue weighted by Crippen LogP contribution is 2.19. The van der Waals surface area contributed by atoms with Gasteiger partial charge in [0.2, 0.25) is 0 Å². The highest BCUT2D eigenvalue weighted by molar-refractivity contribution is 5.70. The summed E-state index contributed by atoms with van der Waals surface area (Å²) in [5.74, 6) is -2.26. The second-order valence-electron chi connectivity index (χ2n) is 28.4. The van der Waals surface area contributed by atoms with Crippen molar-refractivity contribution < 1.29 is 42.9 Å². The van der Waals surface area contributed by atoms with Crippen molar-refractivity contribution in [2.24, 2.45) is 0 Å². The summed E-state index contributed by atoms with van der Waals surface area (Å²) in [7, 11) is 5.94. The number of aliphatic carboxylic acids is 1. The standard InChI is InChI=1S/C82H153NO8/c1-6-8-10-12-14-16-18-20-22-24-26-28-30-32-33-34-35-36-37-38-39-40-41-42-43-44-45-46-47-49-50-52-54-56-58-60-62-64-66-68-70-72-79(84)89-76-78(77-90-82(81(86)87)88-75-74-83(3,4)5)91-80(85)73-71-69-67-65-63-61-59-57-55-53-51-48-31-29-27-25-23-21-19-17-15-13-11-9-7-2/h19,21,24-27,31,48,78,82H,6-18,20,22-23,28-30,32-47,49-77H2,1-5H3/b21-19-,26-24-,27-25-,48-31-. The number of quaternary nitrogens is 1. The molecule has 0 N–H and O–H groups in total. The van der Waals surface area contributed by atoms with Gasteiger partial charge in [-0.15, -0.1) is 0 Å². The molecule has 0 bridgehead atoms. The van der Waals surface area contributed by atoms with Gasteiger partial charge < -0.3 is 33.3 Å². The second kappa shape index (κ2) is 73.1. The number of allylic oxidation sites excluding steroid dienone is 8. The van der Waals surface area contributed by atoms with Crippen LogP contribution in [-0.4, -0.2) is 82.3 Å². The lowest BCUT2D eigenvalue weighted by Gasteiger charge is -2.26. The highest BCUT2D eigenvalue weighted by atomic mass is 16.7. The Hall–Kier alpha value is -2.75. The number of hydrogen-bond donors (Lipinski definition) is 0. The van der Waals surface area contributed by atoms with Gasteiger partial charge in [0.15, 0.2) is 12.4 Å². The number of rotatable bonds is 75. The maximum absolute atomic E-state index is 12.9. The van der Waals surface area contributed by atoms with Gasteiger partial charge in [-0.25, -0.2) is 0 Å². The molecule has 0 aromatic heterocycles. The third kappa shape index (κ3) is 74.5. The fourth-order valence-corrected chi connectivity index (χ4v) is 12.0. The molecule has 0 aliphatic carbocycles. The van der Waals surface area contributed by atoms with Crippen molar-refractivity contribution in [2.45, 2.75) is 411 Å². The fraction of sp³-hybridized carbons (Fsp3) is 0.866. The average molecular weight is 1280 g/mol. The summed E-state index contributed by atoms with van der Waals surface area (Å²) < 4.78 is 22.8. The van der Waals surface area contributed by atoms with Crippen molar-refractivity contribution in [3.05, 3.63) is 48.6 Å². The molecule has 0 amide bonds. The number of esters is 2. The summed E-state index contributed by atoms with van der Waals surface area (Å²) in [5.41, 5.74) is 0. The normalized spacial score (nSPS) is 12.8. The molecule has 0 heterocycles. The molecule has 2 atom stereocenters. The van der Waals surface area contributed by atoms with E-state index < -0.39 is 24.3 Å². The fourth-order valence-electron chi connectivity index (χ4n) is 12.0. The Balaban J connectivity index is 3.93. The molecule has 0 fully saturated rings. The topological polar surface area (TPSA) is 111 Å². The lowest BCUT2D eigenvalue weighted by molar-refractivity contribution is -0.870. The van der Waals surface area contributed by atoms with E-state index in [1.54, 1.807) is 0 Å². The van der Waals surface area contributed by atoms with Crippen LogP contribution in [0.2, 0.25) is 0 Å². The van der Waals surface area contributed by atoms with E-state index in [4.69, 9.17) is 18.9 Å². The predicted molar refractivity (Wildman–Crippen MR) is 389 cm³/mol. The van der Waals surface area contributed by atoms with Crippen LogP contribution in [0.4, 0.5) is 0 Å². The number of nitrogens with zero attached hydrogens (tertiary/aromatic N) is 1. The largest absolute Gasteiger partial charge is 0.545 e. The van der Waals surface area contributed by atoms with E-state index in [2.05, 4.69) is 62.5 Å². The van der Waals surface area contributed by atoms with Gasteiger partial charge in [0.05, 0.1) is 40.3 Å². The Bertz CT molecular complexity index is 1630. The predicted octanol–water partition coefficient (Wildman–Crippen LogP) is 23.9. The second-order valence-corrected chi connectivity index (χ2v) is 28.4. The minimum absolute atomic E-state index is 0.148. The summed E-state index contributed by atoms with van der Waals surface area (Å²) in [6.07, 6.45) is 92.4. The van der Waals surface area contributed by atoms with E-state index in [1.165, 1.54) is 315 Å². The zero-order valence-corrected chi connectivity index (χ0v) is 61.2. The number of hydrogen-bond acceptors (Lipinski definition) is 8. The summed E-state index contributed by atoms with van der Waals surface area (Å²) in [6.45, 7) is 4.79. The first kappa shape index (κ1) is 88.2. The van der Waals surface area contributed by atoms with Crippen molar-refractivity contribution in [2.75, 3.05) is 47.5 Å². The number of likely N-dealkylation sites (N-methyl/N-ethyl adjacent to an activating group) is 1. The van der Waals surface area contributed by atoms with Gasteiger partial charge in [-0.2, -0.15) is 0 Å². The lowest BCUT2D eigenvalue weighted by Crippen LogP contribution is -2.44. The zero-order valence-electron chi connectivity index (χ0n) is 61.2. The first-order valence-corrected chi connectivity index (χ1v) is 39.8. The van der Waals surface area contributed by atoms with Gasteiger partial charge in [-0.05, 0) is 77.0 Å². The van der Waals surface area contributed by atoms with Crippen LogP contribution in [0.1, 0.15) is 399 Å². The molecule has 0 saturated heterocycles. The first-order valence-electron chi connectivity index (χ1n) is 39.8. The molecule has 2 unspecified atom stereocenters. The summed E-state index contributed by atoms with van der Waals surface area (Å²) in [4.78, 5) is 37.6. The van der Waals surface area contributed by atoms with Gasteiger partial charge in [0.25, 0.3) is 0 Å². The van der Waals surface area contributed by atoms with Crippen molar-refractivity contribution in [3.63, 3.8) is 0 Å². The zero-order chi connectivity index (χ0) is 66.1. The Labute approximate surface area is 565 Å². The van der Waals surface area contributed by atoms with E-state index >= 15 is 0 Å². The van der Waals surface area contributed by atoms with E-state index in [0.717, 1.165) is 51.4 Å². The van der Waals surface area contributed by atoms with Gasteiger partial charge in [-0.1, -0.05) is 358 Å². The van der Waals surface area contributed by atoms with Crippen LogP contribution < -0.4 is 5.11 Å². The third-order valence-electron chi connectivity index (χ3n) is 18.0. The van der Waals surface area contributed by atoms with Gasteiger partial charge in [0.1, 0.15) is 13.2 Å². The van der Waals surface area contributed by atoms with Crippen molar-refractivity contribution >= 4 is 17.9 Å². The number of carboxylic acid groups (broad SMARTS) is 1. The molecule has 9 nitrogen and oxygen atoms in total. The van der Waals surface area contributed by atoms with Crippen LogP contribution in [0.3, 0.4) is 0 Å². The molecule has 0 aromatic carbocycles. The number of carbonyl (C=O) groups is 3. The number of ether oxygens (including phenoxy) is 4. The maximum Gasteiger partial charge on any atom is 0.306 e. The molecule has 9 heteroatoms. The molecule has 534 valence electrons. The van der Waals surface area contributed by atoms with Gasteiger partial charge in [-0.3, -0.25) is 9.59 Å². The Kier molecular flexibility index (Phi) is 70.9. The molecule has 0 rings (SSSR count). The minimum atomic E-state index is -1.62. The molecule has 91 heavy (non-hydrogen) atoms. The smallest absolute Gasteiger partial charge is 0.306 e. The van der Waals surface area contributed by atoms with Crippen LogP contribution in [-0.2, 0) is 33.3 Å². The SMILES string of the molecule is CCCCCCC/C=C\C/C=C\C/C=C\CCCCCCCCCCCCC(=O)OC(COC(=O)CCCCCCCCCCCCCCCCCCCCCCCCCCCCCCC/C=C\CCCCCCCCCC)COC(OCC[N+](C)(C)C)C(=O)[O-]. The van der Waals surface area contributed by atoms with Crippen LogP contribution in [0.5, 0.6) is 0 Å². The maximum atomic E-state index is 12.9. The monoisotopic (exact) mass is 1280 g/mol. The number of carbonyl (C=O) groups excluding carboxylic acids is 3. The minimum Gasteiger partial charge on any atom is -0.545 e. The first-order chi connectivity index (χ1) is 44.6. The van der Waals surface area contributed by atoms with Crippen molar-refractivity contribution in [1.82, 2.24) is 0 Å². The third-order valence-corrected chi connectivity index (χ3v) is 18.0. The summed E-state index contributed by atoms with van der Waals surface area (Å²) >= 11 is 0. The Morgan fingerprint density at radius 2 is 0.593 bits per heavy atom. The molecule has 0 aliphatic heterocycles. The van der Waals surface area contributed by atoms with Crippen molar-refractivity contribution in [3.8, 4) is 0 Å². The van der Waals surface area contributed by atoms with E-state index in [9.17, 15) is 19.5 Å². The average Bonchev–Trinajstić information content (AvgIpc) is 3.46. The lowest BCUT2D eigenvalue weighted by atomic mass is 10.0. The van der Waals surface area contributed by atoms with Crippen LogP contribution >= 0.6 is 0 Å².